The maximum atomic E-state index is 12.9. The first kappa shape index (κ1) is 15.4. The zero-order valence-electron chi connectivity index (χ0n) is 13.8. The number of nitrogens with one attached hydrogen (secondary N) is 1. The third-order valence-electron chi connectivity index (χ3n) is 4.83. The number of nitro groups is 1. The molecule has 4 rings (SSSR count). The molecule has 1 aliphatic rings. The maximum Gasteiger partial charge on any atom is 0.271 e. The first-order chi connectivity index (χ1) is 12.0. The number of nitro benzene ring substituents is 1. The molecule has 0 aliphatic carbocycles. The van der Waals surface area contributed by atoms with E-state index < -0.39 is 4.92 Å². The van der Waals surface area contributed by atoms with Gasteiger partial charge in [-0.3, -0.25) is 14.9 Å². The van der Waals surface area contributed by atoms with Crippen LogP contribution in [0.1, 0.15) is 16.8 Å². The molecular formula is C19H17N3O3. The average molecular weight is 335 g/mol. The highest BCUT2D eigenvalue weighted by molar-refractivity contribution is 5.99. The van der Waals surface area contributed by atoms with E-state index in [0.29, 0.717) is 12.2 Å². The molecule has 6 nitrogen and oxygen atoms in total. The Balaban J connectivity index is 1.66. The van der Waals surface area contributed by atoms with Crippen molar-refractivity contribution >= 4 is 28.2 Å². The second kappa shape index (κ2) is 5.73. The number of carbonyl (C=O) groups excluding carboxylic acids is 1. The zero-order valence-corrected chi connectivity index (χ0v) is 13.8. The molecule has 1 aromatic heterocycles. The molecular weight excluding hydrogens is 318 g/mol. The van der Waals surface area contributed by atoms with Crippen molar-refractivity contribution in [3.8, 4) is 0 Å². The molecule has 6 heteroatoms. The summed E-state index contributed by atoms with van der Waals surface area (Å²) in [7, 11) is 0. The number of hydrogen-bond donors (Lipinski definition) is 1. The van der Waals surface area contributed by atoms with Crippen LogP contribution >= 0.6 is 0 Å². The van der Waals surface area contributed by atoms with Crippen LogP contribution in [0.3, 0.4) is 0 Å². The Morgan fingerprint density at radius 1 is 1.28 bits per heavy atom. The summed E-state index contributed by atoms with van der Waals surface area (Å²) in [6.45, 7) is 2.53. The van der Waals surface area contributed by atoms with Gasteiger partial charge in [-0.2, -0.15) is 0 Å². The van der Waals surface area contributed by atoms with Crippen LogP contribution in [0, 0.1) is 17.0 Å². The van der Waals surface area contributed by atoms with E-state index in [2.05, 4.69) is 4.98 Å². The van der Waals surface area contributed by atoms with E-state index in [4.69, 9.17) is 0 Å². The van der Waals surface area contributed by atoms with Crippen molar-refractivity contribution in [2.24, 2.45) is 0 Å². The highest BCUT2D eigenvalue weighted by atomic mass is 16.6. The van der Waals surface area contributed by atoms with E-state index in [-0.39, 0.29) is 18.0 Å². The minimum Gasteiger partial charge on any atom is -0.358 e. The minimum absolute atomic E-state index is 0.0155. The molecule has 0 atom stereocenters. The van der Waals surface area contributed by atoms with E-state index in [0.717, 1.165) is 34.1 Å². The van der Waals surface area contributed by atoms with E-state index >= 15 is 0 Å². The molecule has 2 aromatic carbocycles. The number of fused-ring (bicyclic) bond motifs is 2. The Hall–Kier alpha value is -3.15. The molecule has 0 saturated carbocycles. The Bertz CT molecular complexity index is 1010. The first-order valence-electron chi connectivity index (χ1n) is 8.18. The van der Waals surface area contributed by atoms with Gasteiger partial charge in [0.2, 0.25) is 5.91 Å². The largest absolute Gasteiger partial charge is 0.358 e. The minimum atomic E-state index is -0.426. The predicted octanol–water partition coefficient (Wildman–Crippen LogP) is 3.52. The topological polar surface area (TPSA) is 79.2 Å². The molecule has 0 bridgehead atoms. The molecule has 1 amide bonds. The van der Waals surface area contributed by atoms with Crippen molar-refractivity contribution in [3.63, 3.8) is 0 Å². The lowest BCUT2D eigenvalue weighted by molar-refractivity contribution is -0.384. The standard InChI is InChI=1S/C19H17N3O3/c1-12-16(15-4-2-3-5-17(15)20-12)11-19(23)21-9-8-13-6-7-14(22(24)25)10-18(13)21/h2-7,10,20H,8-9,11H2,1H3. The van der Waals surface area contributed by atoms with Crippen molar-refractivity contribution in [2.75, 3.05) is 11.4 Å². The second-order valence-corrected chi connectivity index (χ2v) is 6.32. The van der Waals surface area contributed by atoms with Crippen LogP contribution in [0.4, 0.5) is 11.4 Å². The number of nitrogens with zero attached hydrogens (tertiary/aromatic N) is 2. The number of hydrogen-bond acceptors (Lipinski definition) is 3. The zero-order chi connectivity index (χ0) is 17.6. The van der Waals surface area contributed by atoms with Crippen molar-refractivity contribution in [2.45, 2.75) is 19.8 Å². The number of aryl methyl sites for hydroxylation is 1. The van der Waals surface area contributed by atoms with Gasteiger partial charge in [0, 0.05) is 35.3 Å². The summed E-state index contributed by atoms with van der Waals surface area (Å²) in [5.74, 6) is -0.0351. The van der Waals surface area contributed by atoms with Gasteiger partial charge in [0.05, 0.1) is 17.0 Å². The SMILES string of the molecule is Cc1[nH]c2ccccc2c1CC(=O)N1CCc2ccc([N+](=O)[O-])cc21. The number of H-pyrrole nitrogens is 1. The predicted molar refractivity (Wildman–Crippen MR) is 95.9 cm³/mol. The molecule has 3 aromatic rings. The van der Waals surface area contributed by atoms with Crippen LogP contribution in [0.25, 0.3) is 10.9 Å². The summed E-state index contributed by atoms with van der Waals surface area (Å²) >= 11 is 0. The van der Waals surface area contributed by atoms with Crippen LogP contribution in [-0.2, 0) is 17.6 Å². The molecule has 1 N–H and O–H groups in total. The molecule has 0 unspecified atom stereocenters. The van der Waals surface area contributed by atoms with Crippen LogP contribution in [0.5, 0.6) is 0 Å². The summed E-state index contributed by atoms with van der Waals surface area (Å²) in [6.07, 6.45) is 1.00. The summed E-state index contributed by atoms with van der Waals surface area (Å²) in [4.78, 5) is 28.5. The Morgan fingerprint density at radius 3 is 2.88 bits per heavy atom. The average Bonchev–Trinajstić information content (AvgIpc) is 3.15. The van der Waals surface area contributed by atoms with Gasteiger partial charge >= 0.3 is 0 Å². The number of carbonyl (C=O) groups is 1. The van der Waals surface area contributed by atoms with Crippen molar-refractivity contribution in [3.05, 3.63) is 69.4 Å². The molecule has 0 spiro atoms. The number of benzene rings is 2. The van der Waals surface area contributed by atoms with Gasteiger partial charge in [-0.25, -0.2) is 0 Å². The van der Waals surface area contributed by atoms with Crippen molar-refractivity contribution in [1.82, 2.24) is 4.98 Å². The van der Waals surface area contributed by atoms with E-state index in [1.807, 2.05) is 31.2 Å². The lowest BCUT2D eigenvalue weighted by Crippen LogP contribution is -2.30. The van der Waals surface area contributed by atoms with Gasteiger partial charge in [0.1, 0.15) is 0 Å². The van der Waals surface area contributed by atoms with Gasteiger partial charge in [0.25, 0.3) is 5.69 Å². The van der Waals surface area contributed by atoms with E-state index in [1.54, 1.807) is 11.0 Å². The number of aromatic amines is 1. The summed E-state index contributed by atoms with van der Waals surface area (Å²) < 4.78 is 0. The molecule has 2 heterocycles. The molecule has 126 valence electrons. The monoisotopic (exact) mass is 335 g/mol. The summed E-state index contributed by atoms with van der Waals surface area (Å²) in [5, 5.41) is 12.1. The number of non-ortho nitro benzene ring substituents is 1. The smallest absolute Gasteiger partial charge is 0.271 e. The third-order valence-corrected chi connectivity index (χ3v) is 4.83. The van der Waals surface area contributed by atoms with Gasteiger partial charge in [0.15, 0.2) is 0 Å². The van der Waals surface area contributed by atoms with Crippen LogP contribution in [-0.4, -0.2) is 22.4 Å². The molecule has 0 saturated heterocycles. The molecule has 0 fully saturated rings. The molecule has 25 heavy (non-hydrogen) atoms. The van der Waals surface area contributed by atoms with E-state index in [1.165, 1.54) is 12.1 Å². The highest BCUT2D eigenvalue weighted by Crippen LogP contribution is 2.33. The van der Waals surface area contributed by atoms with Crippen molar-refractivity contribution < 1.29 is 9.72 Å². The Kier molecular flexibility index (Phi) is 3.53. The number of anilines is 1. The fourth-order valence-electron chi connectivity index (χ4n) is 3.55. The highest BCUT2D eigenvalue weighted by Gasteiger charge is 2.27. The first-order valence-corrected chi connectivity index (χ1v) is 8.18. The fourth-order valence-corrected chi connectivity index (χ4v) is 3.55. The quantitative estimate of drug-likeness (QED) is 0.587. The number of amides is 1. The lowest BCUT2D eigenvalue weighted by atomic mass is 10.1. The Labute approximate surface area is 144 Å². The number of aromatic nitrogens is 1. The lowest BCUT2D eigenvalue weighted by Gasteiger charge is -2.17. The van der Waals surface area contributed by atoms with Gasteiger partial charge in [-0.1, -0.05) is 24.3 Å². The van der Waals surface area contributed by atoms with Crippen LogP contribution in [0.15, 0.2) is 42.5 Å². The second-order valence-electron chi connectivity index (χ2n) is 6.32. The van der Waals surface area contributed by atoms with Crippen molar-refractivity contribution in [1.29, 1.82) is 0 Å². The number of rotatable bonds is 3. The van der Waals surface area contributed by atoms with E-state index in [9.17, 15) is 14.9 Å². The maximum absolute atomic E-state index is 12.9. The van der Waals surface area contributed by atoms with Crippen LogP contribution in [0.2, 0.25) is 0 Å². The molecule has 1 aliphatic heterocycles. The van der Waals surface area contributed by atoms with Gasteiger partial charge in [-0.15, -0.1) is 0 Å². The third kappa shape index (κ3) is 2.55. The van der Waals surface area contributed by atoms with Gasteiger partial charge < -0.3 is 9.88 Å². The Morgan fingerprint density at radius 2 is 2.08 bits per heavy atom. The normalized spacial score (nSPS) is 13.2. The molecule has 0 radical (unpaired) electrons. The van der Waals surface area contributed by atoms with Crippen LogP contribution < -0.4 is 4.90 Å². The van der Waals surface area contributed by atoms with Gasteiger partial charge in [-0.05, 0) is 30.5 Å². The fraction of sp³-hybridized carbons (Fsp3) is 0.211. The number of para-hydroxylation sites is 1. The summed E-state index contributed by atoms with van der Waals surface area (Å²) in [5.41, 5.74) is 4.64. The summed E-state index contributed by atoms with van der Waals surface area (Å²) in [6, 6.07) is 12.7.